The molecule has 0 aliphatic rings. The van der Waals surface area contributed by atoms with Gasteiger partial charge in [0.2, 0.25) is 0 Å². The summed E-state index contributed by atoms with van der Waals surface area (Å²) in [5.74, 6) is 0.397. The molecule has 0 heterocycles. The molecule has 0 aromatic heterocycles. The Labute approximate surface area is 131 Å². The van der Waals surface area contributed by atoms with E-state index < -0.39 is 0 Å². The van der Waals surface area contributed by atoms with E-state index in [2.05, 4.69) is 19.9 Å². The predicted octanol–water partition coefficient (Wildman–Crippen LogP) is 2.95. The van der Waals surface area contributed by atoms with E-state index in [0.717, 1.165) is 11.1 Å². The Kier molecular flexibility index (Phi) is 10.8. The SMILES string of the molecule is [CH-]=C(c1[c-]cccc1)C(C)C.[Y].[Y]. The van der Waals surface area contributed by atoms with Crippen molar-refractivity contribution in [2.75, 3.05) is 0 Å². The predicted molar refractivity (Wildman–Crippen MR) is 47.8 cm³/mol. The van der Waals surface area contributed by atoms with Gasteiger partial charge in [-0.25, -0.2) is 12.1 Å². The molecule has 13 heavy (non-hydrogen) atoms. The first kappa shape index (κ1) is 16.6. The molecular weight excluding hydrogens is 310 g/mol. The number of hydrogen-bond donors (Lipinski definition) is 0. The first-order chi connectivity index (χ1) is 5.22. The van der Waals surface area contributed by atoms with Crippen LogP contribution in [0, 0.1) is 18.6 Å². The van der Waals surface area contributed by atoms with Crippen LogP contribution in [0.15, 0.2) is 24.3 Å². The minimum absolute atomic E-state index is 0. The zero-order valence-electron chi connectivity index (χ0n) is 8.12. The van der Waals surface area contributed by atoms with E-state index in [0.29, 0.717) is 5.92 Å². The molecule has 0 aliphatic heterocycles. The van der Waals surface area contributed by atoms with E-state index >= 15 is 0 Å². The van der Waals surface area contributed by atoms with Crippen molar-refractivity contribution < 1.29 is 65.4 Å². The molecule has 1 aromatic carbocycles. The first-order valence-electron chi connectivity index (χ1n) is 3.81. The maximum absolute atomic E-state index is 5.82. The Morgan fingerprint density at radius 2 is 1.92 bits per heavy atom. The van der Waals surface area contributed by atoms with Crippen LogP contribution in [0.1, 0.15) is 19.4 Å². The van der Waals surface area contributed by atoms with Gasteiger partial charge in [0.1, 0.15) is 0 Å². The number of benzene rings is 1. The zero-order chi connectivity index (χ0) is 8.27. The zero-order valence-corrected chi connectivity index (χ0v) is 13.8. The van der Waals surface area contributed by atoms with Gasteiger partial charge in [-0.3, -0.25) is 5.57 Å². The van der Waals surface area contributed by atoms with E-state index in [9.17, 15) is 0 Å². The van der Waals surface area contributed by atoms with Crippen LogP contribution < -0.4 is 0 Å². The Morgan fingerprint density at radius 1 is 1.31 bits per heavy atom. The third-order valence-corrected chi connectivity index (χ3v) is 1.64. The molecule has 0 atom stereocenters. The van der Waals surface area contributed by atoms with Gasteiger partial charge < -0.3 is 12.1 Å². The molecule has 0 saturated carbocycles. The molecule has 2 radical (unpaired) electrons. The molecule has 0 aliphatic carbocycles. The van der Waals surface area contributed by atoms with E-state index in [-0.39, 0.29) is 65.4 Å². The van der Waals surface area contributed by atoms with Crippen LogP contribution in [0.25, 0.3) is 5.57 Å². The van der Waals surface area contributed by atoms with Crippen LogP contribution in [0.3, 0.4) is 0 Å². The summed E-state index contributed by atoms with van der Waals surface area (Å²) in [6, 6.07) is 10.9. The minimum atomic E-state index is 0. The Morgan fingerprint density at radius 3 is 2.31 bits per heavy atom. The molecule has 0 N–H and O–H groups in total. The van der Waals surface area contributed by atoms with E-state index in [1.54, 1.807) is 0 Å². The van der Waals surface area contributed by atoms with Crippen molar-refractivity contribution in [3.8, 4) is 0 Å². The number of rotatable bonds is 2. The molecule has 0 saturated heterocycles. The van der Waals surface area contributed by atoms with Gasteiger partial charge >= 0.3 is 0 Å². The molecule has 0 spiro atoms. The summed E-state index contributed by atoms with van der Waals surface area (Å²) in [4.78, 5) is 0. The number of allylic oxidation sites excluding steroid dienone is 1. The summed E-state index contributed by atoms with van der Waals surface area (Å²) >= 11 is 0. The van der Waals surface area contributed by atoms with Crippen LogP contribution >= 0.6 is 0 Å². The van der Waals surface area contributed by atoms with Gasteiger partial charge in [-0.1, -0.05) is 19.8 Å². The molecule has 0 fully saturated rings. The molecule has 64 valence electrons. The topological polar surface area (TPSA) is 0 Å². The number of hydrogen-bond acceptors (Lipinski definition) is 0. The van der Waals surface area contributed by atoms with Crippen molar-refractivity contribution >= 4 is 5.57 Å². The molecule has 0 bridgehead atoms. The third kappa shape index (κ3) is 5.57. The van der Waals surface area contributed by atoms with E-state index in [1.807, 2.05) is 24.3 Å². The standard InChI is InChI=1S/C11H12.2Y/c1-9(2)10(3)11-7-5-4-6-8-11;;/h3-7,9H,1-2H3;;/q-2;;. The molecule has 0 unspecified atom stereocenters. The van der Waals surface area contributed by atoms with E-state index in [4.69, 9.17) is 6.58 Å². The van der Waals surface area contributed by atoms with Crippen LogP contribution in [0.4, 0.5) is 0 Å². The van der Waals surface area contributed by atoms with Gasteiger partial charge in [0.05, 0.1) is 0 Å². The first-order valence-corrected chi connectivity index (χ1v) is 3.81. The van der Waals surface area contributed by atoms with Crippen molar-refractivity contribution in [2.45, 2.75) is 13.8 Å². The normalized spacial score (nSPS) is 8.54. The van der Waals surface area contributed by atoms with Gasteiger partial charge in [-0.15, -0.1) is 6.07 Å². The van der Waals surface area contributed by atoms with Gasteiger partial charge in [-0.05, 0) is 0 Å². The van der Waals surface area contributed by atoms with Crippen molar-refractivity contribution in [1.29, 1.82) is 0 Å². The summed E-state index contributed by atoms with van der Waals surface area (Å²) in [7, 11) is 0. The fraction of sp³-hybridized carbons (Fsp3) is 0.273. The van der Waals surface area contributed by atoms with Gasteiger partial charge in [0.15, 0.2) is 0 Å². The van der Waals surface area contributed by atoms with Gasteiger partial charge in [0.25, 0.3) is 0 Å². The fourth-order valence-corrected chi connectivity index (χ4v) is 0.884. The monoisotopic (exact) mass is 322 g/mol. The Bertz CT molecular complexity index is 240. The summed E-state index contributed by atoms with van der Waals surface area (Å²) in [5.41, 5.74) is 1.92. The van der Waals surface area contributed by atoms with Crippen molar-refractivity contribution in [3.63, 3.8) is 0 Å². The molecule has 2 heteroatoms. The summed E-state index contributed by atoms with van der Waals surface area (Å²) < 4.78 is 0. The van der Waals surface area contributed by atoms with Crippen LogP contribution in [-0.2, 0) is 65.4 Å². The molecular formula is C11H12Y2-2. The van der Waals surface area contributed by atoms with Crippen molar-refractivity contribution in [2.24, 2.45) is 5.92 Å². The third-order valence-electron chi connectivity index (χ3n) is 1.64. The summed E-state index contributed by atoms with van der Waals surface area (Å²) in [6.07, 6.45) is 0. The minimum Gasteiger partial charge on any atom is -0.341 e. The Balaban J connectivity index is 0. The molecule has 0 nitrogen and oxygen atoms in total. The largest absolute Gasteiger partial charge is 0.341 e. The van der Waals surface area contributed by atoms with Crippen molar-refractivity contribution in [1.82, 2.24) is 0 Å². The van der Waals surface area contributed by atoms with Crippen LogP contribution in [0.5, 0.6) is 0 Å². The second-order valence-corrected chi connectivity index (χ2v) is 2.89. The fourth-order valence-electron chi connectivity index (χ4n) is 0.884. The summed E-state index contributed by atoms with van der Waals surface area (Å²) in [5, 5.41) is 0. The van der Waals surface area contributed by atoms with Gasteiger partial charge in [-0.2, -0.15) is 12.1 Å². The maximum Gasteiger partial charge on any atom is 0 e. The summed E-state index contributed by atoms with van der Waals surface area (Å²) in [6.45, 7) is 9.98. The van der Waals surface area contributed by atoms with Gasteiger partial charge in [0, 0.05) is 65.4 Å². The molecule has 0 amide bonds. The molecule has 1 rings (SSSR count). The van der Waals surface area contributed by atoms with Crippen LogP contribution in [-0.4, -0.2) is 0 Å². The van der Waals surface area contributed by atoms with E-state index in [1.165, 1.54) is 0 Å². The van der Waals surface area contributed by atoms with Crippen LogP contribution in [0.2, 0.25) is 0 Å². The quantitative estimate of drug-likeness (QED) is 0.735. The second-order valence-electron chi connectivity index (χ2n) is 2.89. The van der Waals surface area contributed by atoms with Crippen molar-refractivity contribution in [3.05, 3.63) is 42.5 Å². The average molecular weight is 322 g/mol. The average Bonchev–Trinajstić information content (AvgIpc) is 2.05. The molecule has 1 aromatic rings. The maximum atomic E-state index is 5.82. The second kappa shape index (κ2) is 8.47. The smallest absolute Gasteiger partial charge is 0 e. The Hall–Kier alpha value is 1.17.